The van der Waals surface area contributed by atoms with E-state index in [9.17, 15) is 9.90 Å². The first-order valence-corrected chi connectivity index (χ1v) is 10.4. The van der Waals surface area contributed by atoms with Crippen LogP contribution in [0.5, 0.6) is 0 Å². The minimum atomic E-state index is -0.845. The van der Waals surface area contributed by atoms with E-state index in [1.807, 2.05) is 36.7 Å². The van der Waals surface area contributed by atoms with Crippen molar-refractivity contribution in [3.05, 3.63) is 53.4 Å². The summed E-state index contributed by atoms with van der Waals surface area (Å²) in [6.07, 6.45) is 13.1. The second kappa shape index (κ2) is 11.4. The van der Waals surface area contributed by atoms with Crippen LogP contribution >= 0.6 is 0 Å². The molecule has 28 heavy (non-hydrogen) atoms. The molecule has 0 saturated heterocycles. The lowest BCUT2D eigenvalue weighted by molar-refractivity contribution is -0.132. The standard InChI is InChI=1S/C24H32N2O2/c1-4-6-7-8-9-20-16-25-23(26-17-20)21-12-10-19(11-13-21)15-22(24(27)28)14-18(3)5-2/h10-13,15-18H,4-9,14H2,1-3H3,(H,27,28)/t18-/m1/s1. The van der Waals surface area contributed by atoms with Gasteiger partial charge in [-0.25, -0.2) is 14.8 Å². The third-order valence-corrected chi connectivity index (χ3v) is 5.07. The number of aliphatic carboxylic acids is 1. The highest BCUT2D eigenvalue weighted by molar-refractivity contribution is 5.92. The van der Waals surface area contributed by atoms with Crippen molar-refractivity contribution in [2.45, 2.75) is 65.7 Å². The van der Waals surface area contributed by atoms with Gasteiger partial charge >= 0.3 is 5.97 Å². The number of hydrogen-bond donors (Lipinski definition) is 1. The van der Waals surface area contributed by atoms with E-state index in [1.54, 1.807) is 6.08 Å². The lowest BCUT2D eigenvalue weighted by Gasteiger charge is -2.09. The molecule has 2 rings (SSSR count). The zero-order chi connectivity index (χ0) is 20.4. The maximum atomic E-state index is 11.5. The van der Waals surface area contributed by atoms with Crippen LogP contribution < -0.4 is 0 Å². The minimum absolute atomic E-state index is 0.357. The molecule has 0 saturated carbocycles. The normalized spacial score (nSPS) is 12.8. The highest BCUT2D eigenvalue weighted by atomic mass is 16.4. The van der Waals surface area contributed by atoms with Crippen LogP contribution in [0.4, 0.5) is 0 Å². The molecule has 150 valence electrons. The number of nitrogens with zero attached hydrogens (tertiary/aromatic N) is 2. The highest BCUT2D eigenvalue weighted by Crippen LogP contribution is 2.21. The van der Waals surface area contributed by atoms with Crippen LogP contribution in [0.15, 0.2) is 42.2 Å². The molecule has 0 aliphatic rings. The zero-order valence-electron chi connectivity index (χ0n) is 17.3. The molecule has 1 aromatic carbocycles. The molecule has 0 aliphatic carbocycles. The van der Waals surface area contributed by atoms with Gasteiger partial charge in [-0.05, 0) is 42.4 Å². The molecule has 0 spiro atoms. The smallest absolute Gasteiger partial charge is 0.331 e. The van der Waals surface area contributed by atoms with E-state index >= 15 is 0 Å². The van der Waals surface area contributed by atoms with E-state index in [0.29, 0.717) is 23.7 Å². The second-order valence-electron chi connectivity index (χ2n) is 7.54. The Kier molecular flexibility index (Phi) is 8.86. The first kappa shape index (κ1) is 21.8. The number of carboxylic acids is 1. The monoisotopic (exact) mass is 380 g/mol. The molecular weight excluding hydrogens is 348 g/mol. The van der Waals surface area contributed by atoms with Crippen LogP contribution in [0.2, 0.25) is 0 Å². The summed E-state index contributed by atoms with van der Waals surface area (Å²) < 4.78 is 0. The molecule has 0 bridgehead atoms. The lowest BCUT2D eigenvalue weighted by atomic mass is 9.97. The van der Waals surface area contributed by atoms with Crippen LogP contribution in [0.3, 0.4) is 0 Å². The summed E-state index contributed by atoms with van der Waals surface area (Å²) in [6.45, 7) is 6.37. The van der Waals surface area contributed by atoms with Gasteiger partial charge in [-0.3, -0.25) is 0 Å². The van der Waals surface area contributed by atoms with E-state index in [1.165, 1.54) is 31.2 Å². The molecule has 4 nitrogen and oxygen atoms in total. The van der Waals surface area contributed by atoms with Crippen molar-refractivity contribution in [3.8, 4) is 11.4 Å². The number of benzene rings is 1. The molecule has 0 unspecified atom stereocenters. The van der Waals surface area contributed by atoms with Crippen molar-refractivity contribution < 1.29 is 9.90 Å². The van der Waals surface area contributed by atoms with Crippen molar-refractivity contribution in [2.75, 3.05) is 0 Å². The zero-order valence-corrected chi connectivity index (χ0v) is 17.3. The molecule has 0 amide bonds. The van der Waals surface area contributed by atoms with Crippen LogP contribution in [0.1, 0.15) is 70.4 Å². The molecule has 4 heteroatoms. The van der Waals surface area contributed by atoms with Crippen molar-refractivity contribution in [2.24, 2.45) is 5.92 Å². The predicted octanol–water partition coefficient (Wildman–Crippen LogP) is 6.17. The van der Waals surface area contributed by atoms with Gasteiger partial charge in [0.25, 0.3) is 0 Å². The Hall–Kier alpha value is -2.49. The van der Waals surface area contributed by atoms with Gasteiger partial charge in [0.1, 0.15) is 0 Å². The van der Waals surface area contributed by atoms with Crippen molar-refractivity contribution in [3.63, 3.8) is 0 Å². The van der Waals surface area contributed by atoms with Crippen molar-refractivity contribution in [1.29, 1.82) is 0 Å². The van der Waals surface area contributed by atoms with E-state index in [-0.39, 0.29) is 0 Å². The first-order chi connectivity index (χ1) is 13.5. The molecule has 0 fully saturated rings. The molecule has 1 atom stereocenters. The summed E-state index contributed by atoms with van der Waals surface area (Å²) in [4.78, 5) is 20.5. The summed E-state index contributed by atoms with van der Waals surface area (Å²) in [5.74, 6) is 0.212. The number of carboxylic acid groups (broad SMARTS) is 1. The maximum absolute atomic E-state index is 11.5. The van der Waals surface area contributed by atoms with Crippen LogP contribution in [-0.4, -0.2) is 21.0 Å². The largest absolute Gasteiger partial charge is 0.478 e. The van der Waals surface area contributed by atoms with E-state index in [4.69, 9.17) is 0 Å². The average Bonchev–Trinajstić information content (AvgIpc) is 2.71. The van der Waals surface area contributed by atoms with Gasteiger partial charge in [0, 0.05) is 23.5 Å². The van der Waals surface area contributed by atoms with Gasteiger partial charge in [0.2, 0.25) is 0 Å². The second-order valence-corrected chi connectivity index (χ2v) is 7.54. The Morgan fingerprint density at radius 2 is 1.75 bits per heavy atom. The van der Waals surface area contributed by atoms with E-state index < -0.39 is 5.97 Å². The van der Waals surface area contributed by atoms with Gasteiger partial charge < -0.3 is 5.11 Å². The average molecular weight is 381 g/mol. The first-order valence-electron chi connectivity index (χ1n) is 10.4. The lowest BCUT2D eigenvalue weighted by Crippen LogP contribution is -2.05. The molecule has 1 heterocycles. The van der Waals surface area contributed by atoms with Crippen LogP contribution in [0, 0.1) is 5.92 Å². The maximum Gasteiger partial charge on any atom is 0.331 e. The summed E-state index contributed by atoms with van der Waals surface area (Å²) >= 11 is 0. The van der Waals surface area contributed by atoms with Gasteiger partial charge in [0.15, 0.2) is 5.82 Å². The Morgan fingerprint density at radius 1 is 1.07 bits per heavy atom. The number of aromatic nitrogens is 2. The van der Waals surface area contributed by atoms with Gasteiger partial charge in [-0.15, -0.1) is 0 Å². The fourth-order valence-electron chi connectivity index (χ4n) is 3.05. The Bertz CT molecular complexity index is 764. The molecule has 2 aromatic rings. The van der Waals surface area contributed by atoms with Gasteiger partial charge in [-0.1, -0.05) is 70.7 Å². The van der Waals surface area contributed by atoms with Crippen LogP contribution in [0.25, 0.3) is 17.5 Å². The van der Waals surface area contributed by atoms with E-state index in [0.717, 1.165) is 24.0 Å². The number of aryl methyl sites for hydroxylation is 1. The Labute approximate surface area is 168 Å². The summed E-state index contributed by atoms with van der Waals surface area (Å²) in [7, 11) is 0. The predicted molar refractivity (Wildman–Crippen MR) is 115 cm³/mol. The number of rotatable bonds is 11. The number of unbranched alkanes of at least 4 members (excludes halogenated alkanes) is 3. The number of carbonyl (C=O) groups is 1. The summed E-state index contributed by atoms with van der Waals surface area (Å²) in [5, 5.41) is 9.44. The Morgan fingerprint density at radius 3 is 2.32 bits per heavy atom. The van der Waals surface area contributed by atoms with E-state index in [2.05, 4.69) is 30.7 Å². The third-order valence-electron chi connectivity index (χ3n) is 5.07. The quantitative estimate of drug-likeness (QED) is 0.374. The fourth-order valence-corrected chi connectivity index (χ4v) is 3.05. The van der Waals surface area contributed by atoms with Gasteiger partial charge in [0.05, 0.1) is 0 Å². The Balaban J connectivity index is 2.05. The molecular formula is C24H32N2O2. The molecule has 1 aromatic heterocycles. The fraction of sp³-hybridized carbons (Fsp3) is 0.458. The SMILES string of the molecule is CCCCCCc1cnc(-c2ccc(C=C(C[C@H](C)CC)C(=O)O)cc2)nc1. The van der Waals surface area contributed by atoms with Crippen LogP contribution in [-0.2, 0) is 11.2 Å². The van der Waals surface area contributed by atoms with Gasteiger partial charge in [-0.2, -0.15) is 0 Å². The topological polar surface area (TPSA) is 63.1 Å². The number of hydrogen-bond acceptors (Lipinski definition) is 3. The summed E-state index contributed by atoms with van der Waals surface area (Å²) in [6, 6.07) is 7.75. The third kappa shape index (κ3) is 6.91. The highest BCUT2D eigenvalue weighted by Gasteiger charge is 2.11. The van der Waals surface area contributed by atoms with Crippen molar-refractivity contribution in [1.82, 2.24) is 9.97 Å². The molecule has 1 N–H and O–H groups in total. The minimum Gasteiger partial charge on any atom is -0.478 e. The molecule has 0 aliphatic heterocycles. The molecule has 0 radical (unpaired) electrons. The summed E-state index contributed by atoms with van der Waals surface area (Å²) in [5.41, 5.74) is 3.45. The van der Waals surface area contributed by atoms with Crippen molar-refractivity contribution >= 4 is 12.0 Å².